The molecular weight excluding hydrogens is 480 g/mol. The molecule has 0 bridgehead atoms. The number of aromatic carboxylic acids is 4. The van der Waals surface area contributed by atoms with Crippen LogP contribution in [0.2, 0.25) is 0 Å². The van der Waals surface area contributed by atoms with Crippen molar-refractivity contribution in [2.45, 2.75) is 0 Å². The summed E-state index contributed by atoms with van der Waals surface area (Å²) in [5, 5.41) is 37.2. The molecule has 37 heavy (non-hydrogen) atoms. The Hall–Kier alpha value is -5.44. The fourth-order valence-electron chi connectivity index (χ4n) is 3.75. The van der Waals surface area contributed by atoms with Crippen LogP contribution in [0.1, 0.15) is 41.4 Å². The lowest BCUT2D eigenvalue weighted by Gasteiger charge is -2.11. The first-order chi connectivity index (χ1) is 17.6. The minimum Gasteiger partial charge on any atom is -0.478 e. The molecule has 0 atom stereocenters. The van der Waals surface area contributed by atoms with Crippen LogP contribution in [0.4, 0.5) is 0 Å². The molecule has 0 aliphatic carbocycles. The van der Waals surface area contributed by atoms with Gasteiger partial charge < -0.3 is 25.2 Å². The molecule has 0 amide bonds. The predicted molar refractivity (Wildman–Crippen MR) is 132 cm³/mol. The van der Waals surface area contributed by atoms with Crippen molar-refractivity contribution in [2.24, 2.45) is 0 Å². The van der Waals surface area contributed by atoms with E-state index < -0.39 is 23.9 Å². The quantitative estimate of drug-likeness (QED) is 0.242. The Morgan fingerprint density at radius 2 is 0.811 bits per heavy atom. The number of hydrogen-bond donors (Lipinski definition) is 4. The third-order valence-corrected chi connectivity index (χ3v) is 5.56. The summed E-state index contributed by atoms with van der Waals surface area (Å²) < 4.78 is 5.83. The van der Waals surface area contributed by atoms with Gasteiger partial charge in [0.1, 0.15) is 11.5 Å². The summed E-state index contributed by atoms with van der Waals surface area (Å²) in [5.74, 6) is -4.04. The normalized spacial score (nSPS) is 10.5. The Morgan fingerprint density at radius 1 is 0.459 bits per heavy atom. The summed E-state index contributed by atoms with van der Waals surface area (Å²) in [6, 6.07) is 20.9. The number of rotatable bonds is 8. The van der Waals surface area contributed by atoms with Crippen LogP contribution in [0.25, 0.3) is 22.3 Å². The highest BCUT2D eigenvalue weighted by atomic mass is 16.5. The topological polar surface area (TPSA) is 158 Å². The Kier molecular flexibility index (Phi) is 6.70. The first kappa shape index (κ1) is 24.7. The first-order valence-electron chi connectivity index (χ1n) is 10.7. The predicted octanol–water partition coefficient (Wildman–Crippen LogP) is 5.61. The van der Waals surface area contributed by atoms with Crippen molar-refractivity contribution in [3.05, 3.63) is 107 Å². The number of hydrogen-bond acceptors (Lipinski definition) is 5. The molecule has 9 nitrogen and oxygen atoms in total. The Bertz CT molecular complexity index is 1420. The van der Waals surface area contributed by atoms with E-state index in [2.05, 4.69) is 0 Å². The van der Waals surface area contributed by atoms with Gasteiger partial charge in [-0.2, -0.15) is 0 Å². The van der Waals surface area contributed by atoms with E-state index in [9.17, 15) is 29.4 Å². The van der Waals surface area contributed by atoms with Gasteiger partial charge in [-0.05, 0) is 70.8 Å². The van der Waals surface area contributed by atoms with E-state index in [0.29, 0.717) is 33.8 Å². The second kappa shape index (κ2) is 10.0. The van der Waals surface area contributed by atoms with Gasteiger partial charge in [-0.25, -0.2) is 19.2 Å². The van der Waals surface area contributed by atoms with Gasteiger partial charge in [0.05, 0.1) is 22.3 Å². The van der Waals surface area contributed by atoms with Crippen LogP contribution in [-0.4, -0.2) is 44.3 Å². The van der Waals surface area contributed by atoms with Crippen molar-refractivity contribution >= 4 is 23.9 Å². The molecule has 0 aliphatic heterocycles. The van der Waals surface area contributed by atoms with Crippen molar-refractivity contribution in [3.8, 4) is 33.8 Å². The average Bonchev–Trinajstić information content (AvgIpc) is 2.88. The fraction of sp³-hybridized carbons (Fsp3) is 0. The largest absolute Gasteiger partial charge is 0.478 e. The summed E-state index contributed by atoms with van der Waals surface area (Å²) in [7, 11) is 0. The smallest absolute Gasteiger partial charge is 0.336 e. The Morgan fingerprint density at radius 3 is 1.11 bits per heavy atom. The van der Waals surface area contributed by atoms with E-state index >= 15 is 0 Å². The van der Waals surface area contributed by atoms with Gasteiger partial charge in [0.2, 0.25) is 0 Å². The number of carboxylic acids is 4. The van der Waals surface area contributed by atoms with Gasteiger partial charge in [0.15, 0.2) is 0 Å². The molecule has 0 unspecified atom stereocenters. The second-order valence-electron chi connectivity index (χ2n) is 7.89. The number of ether oxygens (including phenoxy) is 1. The molecule has 0 spiro atoms. The lowest BCUT2D eigenvalue weighted by Crippen LogP contribution is -2.04. The standard InChI is InChI=1S/C28H18O9/c29-25(30)17-5-11-21(23(13-17)27(33)34)15-1-7-19(8-2-15)37-20-9-3-16(4-10-20)22-12-6-18(26(31)32)14-24(22)28(35)36/h1-14H,(H,29,30)(H,31,32)(H,33,34)(H,35,36). The van der Waals surface area contributed by atoms with Crippen LogP contribution in [0.15, 0.2) is 84.9 Å². The summed E-state index contributed by atoms with van der Waals surface area (Å²) in [6.45, 7) is 0. The van der Waals surface area contributed by atoms with Crippen molar-refractivity contribution in [1.82, 2.24) is 0 Å². The lowest BCUT2D eigenvalue weighted by atomic mass is 9.97. The lowest BCUT2D eigenvalue weighted by molar-refractivity contribution is 0.0677. The molecule has 0 radical (unpaired) electrons. The van der Waals surface area contributed by atoms with Gasteiger partial charge >= 0.3 is 23.9 Å². The van der Waals surface area contributed by atoms with Crippen LogP contribution < -0.4 is 4.74 Å². The van der Waals surface area contributed by atoms with Crippen molar-refractivity contribution in [1.29, 1.82) is 0 Å². The van der Waals surface area contributed by atoms with Crippen molar-refractivity contribution < 1.29 is 44.3 Å². The number of benzene rings is 4. The molecule has 0 aliphatic rings. The molecule has 184 valence electrons. The van der Waals surface area contributed by atoms with E-state index in [1.54, 1.807) is 48.5 Å². The molecule has 4 aromatic rings. The molecule has 4 aromatic carbocycles. The maximum absolute atomic E-state index is 11.6. The molecular formula is C28H18O9. The minimum absolute atomic E-state index is 0.127. The monoisotopic (exact) mass is 498 g/mol. The molecule has 0 heterocycles. The Balaban J connectivity index is 1.55. The molecule has 0 aromatic heterocycles. The zero-order chi connectivity index (χ0) is 26.7. The van der Waals surface area contributed by atoms with Crippen LogP contribution >= 0.6 is 0 Å². The summed E-state index contributed by atoms with van der Waals surface area (Å²) >= 11 is 0. The van der Waals surface area contributed by atoms with Crippen LogP contribution in [0, 0.1) is 0 Å². The molecule has 9 heteroatoms. The molecule has 4 N–H and O–H groups in total. The highest BCUT2D eigenvalue weighted by molar-refractivity contribution is 6.00. The minimum atomic E-state index is -1.25. The third kappa shape index (κ3) is 5.30. The SMILES string of the molecule is O=C(O)c1ccc(-c2ccc(Oc3ccc(-c4ccc(C(=O)O)cc4C(=O)O)cc3)cc2)c(C(=O)O)c1. The van der Waals surface area contributed by atoms with Crippen LogP contribution in [0.5, 0.6) is 11.5 Å². The molecule has 0 saturated carbocycles. The summed E-state index contributed by atoms with van der Waals surface area (Å²) in [6.07, 6.45) is 0. The van der Waals surface area contributed by atoms with Crippen LogP contribution in [-0.2, 0) is 0 Å². The number of carbonyl (C=O) groups is 4. The van der Waals surface area contributed by atoms with Gasteiger partial charge in [0, 0.05) is 0 Å². The van der Waals surface area contributed by atoms with E-state index in [-0.39, 0.29) is 22.3 Å². The van der Waals surface area contributed by atoms with Gasteiger partial charge in [-0.1, -0.05) is 36.4 Å². The highest BCUT2D eigenvalue weighted by Gasteiger charge is 2.17. The van der Waals surface area contributed by atoms with Crippen molar-refractivity contribution in [2.75, 3.05) is 0 Å². The van der Waals surface area contributed by atoms with Crippen molar-refractivity contribution in [3.63, 3.8) is 0 Å². The van der Waals surface area contributed by atoms with Crippen LogP contribution in [0.3, 0.4) is 0 Å². The highest BCUT2D eigenvalue weighted by Crippen LogP contribution is 2.31. The summed E-state index contributed by atoms with van der Waals surface area (Å²) in [5.41, 5.74) is 1.30. The maximum atomic E-state index is 11.6. The zero-order valence-corrected chi connectivity index (χ0v) is 18.9. The Labute approximate surface area is 209 Å². The van der Waals surface area contributed by atoms with E-state index in [4.69, 9.17) is 14.9 Å². The van der Waals surface area contributed by atoms with Gasteiger partial charge in [-0.3, -0.25) is 0 Å². The first-order valence-corrected chi connectivity index (χ1v) is 10.7. The van der Waals surface area contributed by atoms with E-state index in [0.717, 1.165) is 12.1 Å². The molecule has 4 rings (SSSR count). The fourth-order valence-corrected chi connectivity index (χ4v) is 3.75. The zero-order valence-electron chi connectivity index (χ0n) is 18.9. The average molecular weight is 498 g/mol. The molecule has 0 saturated heterocycles. The maximum Gasteiger partial charge on any atom is 0.336 e. The van der Waals surface area contributed by atoms with Gasteiger partial charge in [-0.15, -0.1) is 0 Å². The van der Waals surface area contributed by atoms with Gasteiger partial charge in [0.25, 0.3) is 0 Å². The molecule has 0 fully saturated rings. The van der Waals surface area contributed by atoms with E-state index in [1.165, 1.54) is 24.3 Å². The second-order valence-corrected chi connectivity index (χ2v) is 7.89. The summed E-state index contributed by atoms with van der Waals surface area (Å²) in [4.78, 5) is 45.6. The number of carboxylic acid groups (broad SMARTS) is 4. The third-order valence-electron chi connectivity index (χ3n) is 5.56. The van der Waals surface area contributed by atoms with E-state index in [1.807, 2.05) is 0 Å².